The summed E-state index contributed by atoms with van der Waals surface area (Å²) in [6.07, 6.45) is 3.87. The van der Waals surface area contributed by atoms with E-state index in [1.54, 1.807) is 28.4 Å². The number of nitrogens with one attached hydrogen (secondary N) is 1. The van der Waals surface area contributed by atoms with Gasteiger partial charge in [-0.15, -0.1) is 5.10 Å². The van der Waals surface area contributed by atoms with Gasteiger partial charge in [0.05, 0.1) is 28.4 Å². The molecule has 122 valence electrons. The Morgan fingerprint density at radius 1 is 1.09 bits per heavy atom. The van der Waals surface area contributed by atoms with Crippen LogP contribution in [0.3, 0.4) is 0 Å². The van der Waals surface area contributed by atoms with Gasteiger partial charge in [0.25, 0.3) is 0 Å². The molecule has 1 aromatic carbocycles. The van der Waals surface area contributed by atoms with E-state index in [2.05, 4.69) is 10.5 Å². The van der Waals surface area contributed by atoms with Crippen molar-refractivity contribution < 1.29 is 18.9 Å². The van der Waals surface area contributed by atoms with Crippen LogP contribution in [-0.4, -0.2) is 40.9 Å². The van der Waals surface area contributed by atoms with Gasteiger partial charge in [0.15, 0.2) is 11.5 Å². The van der Waals surface area contributed by atoms with Gasteiger partial charge in [-0.05, 0) is 30.9 Å². The molecule has 0 atom stereocenters. The molecule has 2 rings (SSSR count). The molecule has 0 saturated heterocycles. The molecule has 0 bridgehead atoms. The third-order valence-corrected chi connectivity index (χ3v) is 3.89. The largest absolute Gasteiger partial charge is 0.493 e. The molecular weight excluding hydrogens is 284 g/mol. The Morgan fingerprint density at radius 2 is 1.73 bits per heavy atom. The summed E-state index contributed by atoms with van der Waals surface area (Å²) < 4.78 is 21.4. The van der Waals surface area contributed by atoms with Crippen LogP contribution in [0.1, 0.15) is 24.8 Å². The van der Waals surface area contributed by atoms with Crippen LogP contribution in [-0.2, 0) is 4.74 Å². The predicted molar refractivity (Wildman–Crippen MR) is 85.0 cm³/mol. The maximum atomic E-state index is 5.38. The van der Waals surface area contributed by atoms with Crippen molar-refractivity contribution in [3.63, 3.8) is 0 Å². The zero-order chi connectivity index (χ0) is 15.9. The Labute approximate surface area is 131 Å². The van der Waals surface area contributed by atoms with Gasteiger partial charge in [0, 0.05) is 12.1 Å². The molecule has 22 heavy (non-hydrogen) atoms. The quantitative estimate of drug-likeness (QED) is 0.476. The number of ether oxygens (including phenoxy) is 4. The van der Waals surface area contributed by atoms with Crippen LogP contribution in [0.15, 0.2) is 17.2 Å². The fourth-order valence-corrected chi connectivity index (χ4v) is 2.38. The molecule has 1 N–H and O–H groups in total. The molecule has 0 spiro atoms. The molecule has 6 heteroatoms. The third-order valence-electron chi connectivity index (χ3n) is 3.89. The first kappa shape index (κ1) is 16.3. The topological polar surface area (TPSA) is 61.3 Å². The van der Waals surface area contributed by atoms with Crippen molar-refractivity contribution in [2.75, 3.05) is 35.0 Å². The van der Waals surface area contributed by atoms with Gasteiger partial charge in [0.2, 0.25) is 11.6 Å². The van der Waals surface area contributed by atoms with Crippen LogP contribution in [0.25, 0.3) is 0 Å². The summed E-state index contributed by atoms with van der Waals surface area (Å²) in [5.74, 6) is 2.90. The maximum absolute atomic E-state index is 5.38. The average molecular weight is 308 g/mol. The van der Waals surface area contributed by atoms with Crippen molar-refractivity contribution >= 4 is 5.90 Å². The van der Waals surface area contributed by atoms with E-state index in [1.807, 2.05) is 12.1 Å². The predicted octanol–water partition coefficient (Wildman–Crippen LogP) is 2.41. The van der Waals surface area contributed by atoms with Gasteiger partial charge in [0.1, 0.15) is 0 Å². The van der Waals surface area contributed by atoms with E-state index >= 15 is 0 Å². The normalized spacial score (nSPS) is 15.0. The van der Waals surface area contributed by atoms with Crippen molar-refractivity contribution in [1.29, 1.82) is 0 Å². The van der Waals surface area contributed by atoms with Crippen LogP contribution in [0.4, 0.5) is 0 Å². The van der Waals surface area contributed by atoms with E-state index < -0.39 is 0 Å². The summed E-state index contributed by atoms with van der Waals surface area (Å²) in [7, 11) is 6.33. The average Bonchev–Trinajstić information content (AvgIpc) is 2.51. The lowest BCUT2D eigenvalue weighted by Gasteiger charge is -2.24. The zero-order valence-corrected chi connectivity index (χ0v) is 13.6. The SMILES string of the molecule is CO/C(=N/NCC1CCC1)c1cc(OC)c(OC)c(OC)c1. The second-order valence-electron chi connectivity index (χ2n) is 5.19. The van der Waals surface area contributed by atoms with Crippen molar-refractivity contribution in [3.05, 3.63) is 17.7 Å². The second kappa shape index (κ2) is 7.77. The van der Waals surface area contributed by atoms with Crippen molar-refractivity contribution in [2.24, 2.45) is 11.0 Å². The van der Waals surface area contributed by atoms with E-state index in [9.17, 15) is 0 Å². The summed E-state index contributed by atoms with van der Waals surface area (Å²) in [6, 6.07) is 3.63. The first-order valence-electron chi connectivity index (χ1n) is 7.38. The number of nitrogens with zero attached hydrogens (tertiary/aromatic N) is 1. The minimum Gasteiger partial charge on any atom is -0.493 e. The van der Waals surface area contributed by atoms with Crippen molar-refractivity contribution in [1.82, 2.24) is 5.43 Å². The number of rotatable bonds is 7. The van der Waals surface area contributed by atoms with Gasteiger partial charge in [-0.2, -0.15) is 0 Å². The number of methoxy groups -OCH3 is 4. The number of benzene rings is 1. The fraction of sp³-hybridized carbons (Fsp3) is 0.562. The van der Waals surface area contributed by atoms with E-state index in [0.717, 1.165) is 18.0 Å². The van der Waals surface area contributed by atoms with Crippen LogP contribution in [0.5, 0.6) is 17.2 Å². The van der Waals surface area contributed by atoms with Crippen LogP contribution in [0, 0.1) is 5.92 Å². The van der Waals surface area contributed by atoms with Crippen molar-refractivity contribution in [2.45, 2.75) is 19.3 Å². The summed E-state index contributed by atoms with van der Waals surface area (Å²) in [5.41, 5.74) is 3.85. The summed E-state index contributed by atoms with van der Waals surface area (Å²) in [4.78, 5) is 0. The molecule has 0 radical (unpaired) electrons. The summed E-state index contributed by atoms with van der Waals surface area (Å²) >= 11 is 0. The second-order valence-corrected chi connectivity index (χ2v) is 5.19. The highest BCUT2D eigenvalue weighted by molar-refractivity contribution is 5.95. The van der Waals surface area contributed by atoms with Crippen LogP contribution < -0.4 is 19.6 Å². The van der Waals surface area contributed by atoms with Gasteiger partial charge in [-0.25, -0.2) is 0 Å². The third kappa shape index (κ3) is 3.55. The maximum Gasteiger partial charge on any atom is 0.237 e. The Kier molecular flexibility index (Phi) is 5.75. The van der Waals surface area contributed by atoms with E-state index in [4.69, 9.17) is 18.9 Å². The Morgan fingerprint density at radius 3 is 2.14 bits per heavy atom. The van der Waals surface area contributed by atoms with Gasteiger partial charge in [-0.1, -0.05) is 6.42 Å². The number of hydrogen-bond acceptors (Lipinski definition) is 6. The monoisotopic (exact) mass is 308 g/mol. The lowest BCUT2D eigenvalue weighted by atomic mass is 9.86. The molecule has 1 aliphatic rings. The smallest absolute Gasteiger partial charge is 0.237 e. The minimum absolute atomic E-state index is 0.485. The lowest BCUT2D eigenvalue weighted by molar-refractivity contribution is 0.301. The Hall–Kier alpha value is -2.11. The molecule has 1 saturated carbocycles. The Bertz CT molecular complexity index is 502. The van der Waals surface area contributed by atoms with Gasteiger partial charge >= 0.3 is 0 Å². The highest BCUT2D eigenvalue weighted by Crippen LogP contribution is 2.38. The first-order valence-corrected chi connectivity index (χ1v) is 7.38. The van der Waals surface area contributed by atoms with Gasteiger partial charge < -0.3 is 24.4 Å². The molecule has 0 amide bonds. The van der Waals surface area contributed by atoms with E-state index in [-0.39, 0.29) is 0 Å². The molecule has 0 aromatic heterocycles. The highest BCUT2D eigenvalue weighted by atomic mass is 16.5. The Balaban J connectivity index is 2.21. The van der Waals surface area contributed by atoms with Crippen LogP contribution in [0.2, 0.25) is 0 Å². The standard InChI is InChI=1S/C16H24N2O4/c1-19-13-8-12(9-14(20-2)15(13)21-3)16(22-4)18-17-10-11-6-5-7-11/h8-9,11,17H,5-7,10H2,1-4H3/b18-16+. The molecule has 1 aliphatic carbocycles. The first-order chi connectivity index (χ1) is 10.7. The van der Waals surface area contributed by atoms with Crippen molar-refractivity contribution in [3.8, 4) is 17.2 Å². The molecule has 1 aromatic rings. The zero-order valence-electron chi connectivity index (χ0n) is 13.6. The van der Waals surface area contributed by atoms with E-state index in [0.29, 0.717) is 23.1 Å². The highest BCUT2D eigenvalue weighted by Gasteiger charge is 2.18. The number of hydrogen-bond donors (Lipinski definition) is 1. The van der Waals surface area contributed by atoms with Gasteiger partial charge in [-0.3, -0.25) is 0 Å². The minimum atomic E-state index is 0.485. The van der Waals surface area contributed by atoms with Crippen LogP contribution >= 0.6 is 0 Å². The molecule has 6 nitrogen and oxygen atoms in total. The number of hydrazone groups is 1. The summed E-state index contributed by atoms with van der Waals surface area (Å²) in [6.45, 7) is 0.872. The molecule has 0 heterocycles. The summed E-state index contributed by atoms with van der Waals surface area (Å²) in [5, 5.41) is 4.33. The molecule has 1 fully saturated rings. The molecule has 0 unspecified atom stereocenters. The van der Waals surface area contributed by atoms with E-state index in [1.165, 1.54) is 19.3 Å². The molecule has 0 aliphatic heterocycles. The fourth-order valence-electron chi connectivity index (χ4n) is 2.38. The molecular formula is C16H24N2O4. The lowest BCUT2D eigenvalue weighted by Crippen LogP contribution is -2.25.